The molecular weight excluding hydrogens is 514 g/mol. The van der Waals surface area contributed by atoms with E-state index < -0.39 is 10.0 Å². The first-order valence-corrected chi connectivity index (χ1v) is 14.4. The lowest BCUT2D eigenvalue weighted by Crippen LogP contribution is -2.25. The average Bonchev–Trinajstić information content (AvgIpc) is 3.34. The first-order chi connectivity index (χ1) is 18.4. The molecule has 194 valence electrons. The van der Waals surface area contributed by atoms with Gasteiger partial charge in [-0.1, -0.05) is 80.6 Å². The zero-order valence-electron chi connectivity index (χ0n) is 21.1. The van der Waals surface area contributed by atoms with Crippen molar-refractivity contribution in [1.82, 2.24) is 9.29 Å². The number of amides is 1. The van der Waals surface area contributed by atoms with E-state index in [-0.39, 0.29) is 17.3 Å². The molecule has 0 saturated carbocycles. The van der Waals surface area contributed by atoms with Crippen LogP contribution in [0.1, 0.15) is 28.6 Å². The van der Waals surface area contributed by atoms with Crippen molar-refractivity contribution in [1.29, 1.82) is 0 Å². The van der Waals surface area contributed by atoms with Crippen LogP contribution in [0, 0.1) is 0 Å². The lowest BCUT2D eigenvalue weighted by atomic mass is 10.0. The molecule has 6 nitrogen and oxygen atoms in total. The fourth-order valence-corrected chi connectivity index (χ4v) is 6.29. The van der Waals surface area contributed by atoms with Crippen molar-refractivity contribution < 1.29 is 13.2 Å². The standard InChI is InChI=1S/C30H29N3O3S2/c1-4-10-27-28(24-15-13-23(14-16-24)22-11-8-7-9-12-22)31-30(37-27)32-29(34)25-17-19-26(20-18-25)38(35,36)33(6-3)21-5-2/h5-9,11-20H,2-4,10,21H2,1H3,(H,31,32,34). The highest BCUT2D eigenvalue weighted by atomic mass is 32.2. The van der Waals surface area contributed by atoms with Crippen molar-refractivity contribution in [2.24, 2.45) is 0 Å². The smallest absolute Gasteiger partial charge is 0.264 e. The van der Waals surface area contributed by atoms with E-state index in [1.165, 1.54) is 47.9 Å². The van der Waals surface area contributed by atoms with Crippen LogP contribution in [-0.2, 0) is 16.4 Å². The lowest BCUT2D eigenvalue weighted by molar-refractivity contribution is 0.102. The van der Waals surface area contributed by atoms with Crippen LogP contribution in [-0.4, -0.2) is 30.2 Å². The second-order valence-corrected chi connectivity index (χ2v) is 11.5. The van der Waals surface area contributed by atoms with Gasteiger partial charge in [0, 0.05) is 22.2 Å². The maximum absolute atomic E-state index is 13.0. The first kappa shape index (κ1) is 27.0. The molecule has 4 aromatic rings. The van der Waals surface area contributed by atoms with Gasteiger partial charge in [-0.25, -0.2) is 13.4 Å². The first-order valence-electron chi connectivity index (χ1n) is 12.2. The van der Waals surface area contributed by atoms with Crippen molar-refractivity contribution in [2.75, 3.05) is 11.9 Å². The van der Waals surface area contributed by atoms with Gasteiger partial charge in [0.2, 0.25) is 0 Å². The van der Waals surface area contributed by atoms with E-state index in [2.05, 4.69) is 61.8 Å². The second kappa shape index (κ2) is 12.0. The molecule has 8 heteroatoms. The molecule has 0 aliphatic carbocycles. The van der Waals surface area contributed by atoms with Gasteiger partial charge in [0.15, 0.2) is 5.13 Å². The number of rotatable bonds is 11. The van der Waals surface area contributed by atoms with Crippen LogP contribution in [0.4, 0.5) is 5.13 Å². The summed E-state index contributed by atoms with van der Waals surface area (Å²) in [6, 6.07) is 24.2. The number of nitrogens with zero attached hydrogens (tertiary/aromatic N) is 2. The molecule has 1 aromatic heterocycles. The number of hydrogen-bond acceptors (Lipinski definition) is 5. The Bertz CT molecular complexity index is 1530. The van der Waals surface area contributed by atoms with E-state index in [0.717, 1.165) is 44.4 Å². The molecule has 0 aliphatic heterocycles. The van der Waals surface area contributed by atoms with Crippen LogP contribution in [0.25, 0.3) is 22.4 Å². The maximum Gasteiger partial charge on any atom is 0.264 e. The van der Waals surface area contributed by atoms with Crippen molar-refractivity contribution in [2.45, 2.75) is 24.7 Å². The number of carbonyl (C=O) groups is 1. The molecule has 0 aliphatic rings. The Morgan fingerprint density at radius 3 is 2.18 bits per heavy atom. The van der Waals surface area contributed by atoms with Crippen molar-refractivity contribution in [3.05, 3.63) is 115 Å². The molecule has 0 unspecified atom stereocenters. The molecule has 0 fully saturated rings. The second-order valence-electron chi connectivity index (χ2n) is 8.51. The van der Waals surface area contributed by atoms with Gasteiger partial charge in [0.1, 0.15) is 0 Å². The molecule has 0 atom stereocenters. The number of thiazole rings is 1. The molecular formula is C30H29N3O3S2. The maximum atomic E-state index is 13.0. The zero-order chi connectivity index (χ0) is 27.1. The highest BCUT2D eigenvalue weighted by molar-refractivity contribution is 7.89. The van der Waals surface area contributed by atoms with E-state index in [1.807, 2.05) is 18.2 Å². The number of benzene rings is 3. The normalized spacial score (nSPS) is 11.1. The van der Waals surface area contributed by atoms with Gasteiger partial charge in [-0.2, -0.15) is 0 Å². The molecule has 38 heavy (non-hydrogen) atoms. The predicted molar refractivity (Wildman–Crippen MR) is 156 cm³/mol. The minimum Gasteiger partial charge on any atom is -0.298 e. The third-order valence-corrected chi connectivity index (χ3v) is 8.71. The Balaban J connectivity index is 1.53. The van der Waals surface area contributed by atoms with Gasteiger partial charge >= 0.3 is 0 Å². The Kier molecular flexibility index (Phi) is 8.55. The summed E-state index contributed by atoms with van der Waals surface area (Å²) in [7, 11) is -3.77. The summed E-state index contributed by atoms with van der Waals surface area (Å²) < 4.78 is 26.6. The third kappa shape index (κ3) is 5.93. The number of sulfonamides is 1. The molecule has 3 aromatic carbocycles. The number of anilines is 1. The molecule has 1 amide bonds. The highest BCUT2D eigenvalue weighted by Crippen LogP contribution is 2.33. The van der Waals surface area contributed by atoms with Crippen LogP contribution >= 0.6 is 11.3 Å². The van der Waals surface area contributed by atoms with Crippen LogP contribution in [0.5, 0.6) is 0 Å². The summed E-state index contributed by atoms with van der Waals surface area (Å²) in [6.07, 6.45) is 4.52. The SMILES string of the molecule is C=CCN(C=C)S(=O)(=O)c1ccc(C(=O)Nc2nc(-c3ccc(-c4ccccc4)cc3)c(CCC)s2)cc1. The Morgan fingerprint density at radius 2 is 1.58 bits per heavy atom. The molecule has 0 bridgehead atoms. The fourth-order valence-electron chi connectivity index (χ4n) is 3.96. The minimum atomic E-state index is -3.77. The predicted octanol–water partition coefficient (Wildman–Crippen LogP) is 7.00. The largest absolute Gasteiger partial charge is 0.298 e. The summed E-state index contributed by atoms with van der Waals surface area (Å²) in [5.74, 6) is -0.358. The van der Waals surface area contributed by atoms with Gasteiger partial charge in [-0.15, -0.1) is 17.9 Å². The number of carbonyl (C=O) groups excluding carboxylic acids is 1. The Morgan fingerprint density at radius 1 is 0.947 bits per heavy atom. The van der Waals surface area contributed by atoms with Crippen molar-refractivity contribution in [3.8, 4) is 22.4 Å². The van der Waals surface area contributed by atoms with Crippen LogP contribution in [0.3, 0.4) is 0 Å². The van der Waals surface area contributed by atoms with E-state index >= 15 is 0 Å². The highest BCUT2D eigenvalue weighted by Gasteiger charge is 2.21. The minimum absolute atomic E-state index is 0.0662. The zero-order valence-corrected chi connectivity index (χ0v) is 22.8. The fraction of sp³-hybridized carbons (Fsp3) is 0.133. The van der Waals surface area contributed by atoms with Gasteiger partial charge in [0.25, 0.3) is 15.9 Å². The Labute approximate surface area is 228 Å². The van der Waals surface area contributed by atoms with Crippen LogP contribution in [0.15, 0.2) is 109 Å². The van der Waals surface area contributed by atoms with Crippen molar-refractivity contribution >= 4 is 32.4 Å². The van der Waals surface area contributed by atoms with Gasteiger partial charge < -0.3 is 0 Å². The number of hydrogen-bond donors (Lipinski definition) is 1. The molecule has 1 N–H and O–H groups in total. The summed E-state index contributed by atoms with van der Waals surface area (Å²) >= 11 is 1.46. The van der Waals surface area contributed by atoms with Gasteiger partial charge in [-0.3, -0.25) is 14.4 Å². The summed E-state index contributed by atoms with van der Waals surface area (Å²) in [6.45, 7) is 9.35. The number of nitrogens with one attached hydrogen (secondary N) is 1. The van der Waals surface area contributed by atoms with Gasteiger partial charge in [0.05, 0.1) is 17.1 Å². The molecule has 0 radical (unpaired) electrons. The quantitative estimate of drug-likeness (QED) is 0.207. The topological polar surface area (TPSA) is 79.4 Å². The van der Waals surface area contributed by atoms with Crippen LogP contribution < -0.4 is 5.32 Å². The van der Waals surface area contributed by atoms with Crippen LogP contribution in [0.2, 0.25) is 0 Å². The monoisotopic (exact) mass is 543 g/mol. The molecule has 0 saturated heterocycles. The number of aryl methyl sites for hydroxylation is 1. The van der Waals surface area contributed by atoms with E-state index in [1.54, 1.807) is 0 Å². The van der Waals surface area contributed by atoms with E-state index in [9.17, 15) is 13.2 Å². The molecule has 4 rings (SSSR count). The summed E-state index contributed by atoms with van der Waals surface area (Å²) in [5.41, 5.74) is 4.46. The lowest BCUT2D eigenvalue weighted by Gasteiger charge is -2.18. The third-order valence-electron chi connectivity index (χ3n) is 5.90. The summed E-state index contributed by atoms with van der Waals surface area (Å²) in [5, 5.41) is 3.38. The average molecular weight is 544 g/mol. The van der Waals surface area contributed by atoms with E-state index in [4.69, 9.17) is 4.98 Å². The summed E-state index contributed by atoms with van der Waals surface area (Å²) in [4.78, 5) is 18.9. The molecule has 1 heterocycles. The van der Waals surface area contributed by atoms with Gasteiger partial charge in [-0.05, 0) is 41.8 Å². The Hall–Kier alpha value is -4.01. The van der Waals surface area contributed by atoms with E-state index in [0.29, 0.717) is 10.7 Å². The number of aromatic nitrogens is 1. The van der Waals surface area contributed by atoms with Crippen molar-refractivity contribution in [3.63, 3.8) is 0 Å². The molecule has 0 spiro atoms.